The molecule has 2 amide bonds. The average Bonchev–Trinajstić information content (AvgIpc) is 3.32. The molecule has 0 spiro atoms. The van der Waals surface area contributed by atoms with Gasteiger partial charge < -0.3 is 0 Å². The number of carbonyl (C=O) groups is 2. The van der Waals surface area contributed by atoms with E-state index in [-0.39, 0.29) is 21.9 Å². The number of nitrogens with one attached hydrogen (secondary N) is 2. The molecule has 0 unspecified atom stereocenters. The quantitative estimate of drug-likeness (QED) is 0.353. The van der Waals surface area contributed by atoms with Crippen LogP contribution in [-0.2, 0) is 14.8 Å². The number of amides is 2. The monoisotopic (exact) mass is 465 g/mol. The highest BCUT2D eigenvalue weighted by atomic mass is 32.2. The summed E-state index contributed by atoms with van der Waals surface area (Å²) in [5, 5.41) is 11.2. The van der Waals surface area contributed by atoms with Crippen LogP contribution in [0.3, 0.4) is 0 Å². The van der Waals surface area contributed by atoms with E-state index in [1.54, 1.807) is 0 Å². The largest absolute Gasteiger partial charge is 0.272 e. The predicted octanol–water partition coefficient (Wildman–Crippen LogP) is 1.33. The number of benzene rings is 1. The third-order valence-corrected chi connectivity index (χ3v) is 7.22. The van der Waals surface area contributed by atoms with Gasteiger partial charge in [0.25, 0.3) is 11.6 Å². The van der Waals surface area contributed by atoms with Crippen LogP contribution in [-0.4, -0.2) is 53.3 Å². The van der Waals surface area contributed by atoms with Crippen LogP contribution in [0.5, 0.6) is 0 Å². The van der Waals surface area contributed by atoms with Gasteiger partial charge in [0, 0.05) is 37.0 Å². The summed E-state index contributed by atoms with van der Waals surface area (Å²) in [5.41, 5.74) is 4.18. The Kier molecular flexibility index (Phi) is 7.20. The molecule has 1 aliphatic rings. The summed E-state index contributed by atoms with van der Waals surface area (Å²) in [6.07, 6.45) is 2.94. The molecule has 11 nitrogen and oxygen atoms in total. The van der Waals surface area contributed by atoms with Crippen molar-refractivity contribution in [3.05, 3.63) is 58.3 Å². The molecule has 1 fully saturated rings. The Morgan fingerprint density at radius 3 is 2.55 bits per heavy atom. The van der Waals surface area contributed by atoms with E-state index < -0.39 is 26.8 Å². The first kappa shape index (κ1) is 22.7. The molecule has 1 aromatic carbocycles. The Morgan fingerprint density at radius 2 is 1.90 bits per heavy atom. The molecule has 0 radical (unpaired) electrons. The molecule has 1 saturated heterocycles. The molecule has 0 atom stereocenters. The summed E-state index contributed by atoms with van der Waals surface area (Å²) < 4.78 is 26.4. The standard InChI is InChI=1S/C18H19N5O6S2/c24-16(20-21-18(25)13-4-3-5-14(10-13)23(26)27)12-30-17-7-6-15(11-19-17)31(28,29)22-8-1-2-9-22/h3-7,10-11H,1-2,8-9,12H2,(H,20,24)(H,21,25). The second kappa shape index (κ2) is 9.85. The molecular formula is C18H19N5O6S2. The maximum Gasteiger partial charge on any atom is 0.270 e. The lowest BCUT2D eigenvalue weighted by Gasteiger charge is -2.15. The van der Waals surface area contributed by atoms with Crippen molar-refractivity contribution >= 4 is 39.3 Å². The molecule has 0 bridgehead atoms. The molecule has 13 heteroatoms. The van der Waals surface area contributed by atoms with Crippen LogP contribution >= 0.6 is 11.8 Å². The van der Waals surface area contributed by atoms with Crippen molar-refractivity contribution in [1.82, 2.24) is 20.1 Å². The Hall–Kier alpha value is -3.03. The number of hydrogen-bond donors (Lipinski definition) is 2. The predicted molar refractivity (Wildman–Crippen MR) is 112 cm³/mol. The molecule has 3 rings (SSSR count). The summed E-state index contributed by atoms with van der Waals surface area (Å²) in [7, 11) is -3.55. The number of thioether (sulfide) groups is 1. The van der Waals surface area contributed by atoms with Gasteiger partial charge in [-0.25, -0.2) is 13.4 Å². The van der Waals surface area contributed by atoms with E-state index in [1.807, 2.05) is 0 Å². The molecule has 0 saturated carbocycles. The van der Waals surface area contributed by atoms with Crippen molar-refractivity contribution in [3.8, 4) is 0 Å². The van der Waals surface area contributed by atoms with Crippen LogP contribution in [0.1, 0.15) is 23.2 Å². The molecule has 164 valence electrons. The van der Waals surface area contributed by atoms with Gasteiger partial charge in [-0.1, -0.05) is 17.8 Å². The fourth-order valence-corrected chi connectivity index (χ4v) is 4.92. The molecule has 0 aliphatic carbocycles. The number of non-ortho nitro benzene ring substituents is 1. The zero-order chi connectivity index (χ0) is 22.4. The second-order valence-electron chi connectivity index (χ2n) is 6.54. The van der Waals surface area contributed by atoms with Crippen molar-refractivity contribution < 1.29 is 22.9 Å². The first-order chi connectivity index (χ1) is 14.8. The van der Waals surface area contributed by atoms with Gasteiger partial charge in [0.15, 0.2) is 0 Å². The first-order valence-corrected chi connectivity index (χ1v) is 11.6. The zero-order valence-corrected chi connectivity index (χ0v) is 17.8. The Labute approximate surface area is 182 Å². The Bertz CT molecular complexity index is 1080. The van der Waals surface area contributed by atoms with Crippen LogP contribution < -0.4 is 10.9 Å². The van der Waals surface area contributed by atoms with Gasteiger partial charge in [-0.05, 0) is 31.0 Å². The summed E-state index contributed by atoms with van der Waals surface area (Å²) in [6.45, 7) is 1.00. The van der Waals surface area contributed by atoms with E-state index in [9.17, 15) is 28.1 Å². The first-order valence-electron chi connectivity index (χ1n) is 9.20. The molecular weight excluding hydrogens is 446 g/mol. The number of nitrogens with zero attached hydrogens (tertiary/aromatic N) is 3. The SMILES string of the molecule is O=C(CSc1ccc(S(=O)(=O)N2CCCC2)cn1)NNC(=O)c1cccc([N+](=O)[O-])c1. The van der Waals surface area contributed by atoms with E-state index in [1.165, 1.54) is 40.8 Å². The van der Waals surface area contributed by atoms with Gasteiger partial charge in [0.05, 0.1) is 15.7 Å². The lowest BCUT2D eigenvalue weighted by Crippen LogP contribution is -2.42. The molecule has 31 heavy (non-hydrogen) atoms. The Balaban J connectivity index is 1.49. The maximum absolute atomic E-state index is 12.5. The minimum atomic E-state index is -3.55. The molecule has 2 aromatic rings. The summed E-state index contributed by atoms with van der Waals surface area (Å²) in [6, 6.07) is 8.06. The van der Waals surface area contributed by atoms with Crippen LogP contribution in [0.2, 0.25) is 0 Å². The number of rotatable bonds is 7. The third kappa shape index (κ3) is 5.77. The van der Waals surface area contributed by atoms with Crippen molar-refractivity contribution in [2.24, 2.45) is 0 Å². The number of aromatic nitrogens is 1. The normalized spacial score (nSPS) is 14.2. The van der Waals surface area contributed by atoms with Crippen molar-refractivity contribution in [2.75, 3.05) is 18.8 Å². The number of hydrazine groups is 1. The Morgan fingerprint density at radius 1 is 1.16 bits per heavy atom. The summed E-state index contributed by atoms with van der Waals surface area (Å²) >= 11 is 1.06. The van der Waals surface area contributed by atoms with Gasteiger partial charge in [0.2, 0.25) is 15.9 Å². The number of nitro groups is 1. The molecule has 1 aliphatic heterocycles. The summed E-state index contributed by atoms with van der Waals surface area (Å²) in [5.74, 6) is -1.31. The summed E-state index contributed by atoms with van der Waals surface area (Å²) in [4.78, 5) is 38.3. The fraction of sp³-hybridized carbons (Fsp3) is 0.278. The van der Waals surface area contributed by atoms with Gasteiger partial charge in [-0.15, -0.1) is 0 Å². The van der Waals surface area contributed by atoms with E-state index in [0.29, 0.717) is 18.1 Å². The van der Waals surface area contributed by atoms with E-state index >= 15 is 0 Å². The minimum Gasteiger partial charge on any atom is -0.272 e. The van der Waals surface area contributed by atoms with E-state index in [0.717, 1.165) is 30.7 Å². The zero-order valence-electron chi connectivity index (χ0n) is 16.2. The highest BCUT2D eigenvalue weighted by molar-refractivity contribution is 7.99. The van der Waals surface area contributed by atoms with Crippen LogP contribution in [0.4, 0.5) is 5.69 Å². The average molecular weight is 466 g/mol. The third-order valence-electron chi connectivity index (χ3n) is 4.40. The lowest BCUT2D eigenvalue weighted by molar-refractivity contribution is -0.384. The fourth-order valence-electron chi connectivity index (χ4n) is 2.82. The number of hydrogen-bond acceptors (Lipinski definition) is 8. The van der Waals surface area contributed by atoms with Gasteiger partial charge in [0.1, 0.15) is 4.90 Å². The number of sulfonamides is 1. The molecule has 2 heterocycles. The maximum atomic E-state index is 12.5. The van der Waals surface area contributed by atoms with Crippen molar-refractivity contribution in [2.45, 2.75) is 22.8 Å². The smallest absolute Gasteiger partial charge is 0.270 e. The molecule has 1 aromatic heterocycles. The highest BCUT2D eigenvalue weighted by Crippen LogP contribution is 2.22. The van der Waals surface area contributed by atoms with Crippen molar-refractivity contribution in [1.29, 1.82) is 0 Å². The second-order valence-corrected chi connectivity index (χ2v) is 9.48. The number of carbonyl (C=O) groups excluding carboxylic acids is 2. The van der Waals surface area contributed by atoms with Crippen LogP contribution in [0.15, 0.2) is 52.5 Å². The number of pyridine rings is 1. The number of nitro benzene ring substituents is 1. The highest BCUT2D eigenvalue weighted by Gasteiger charge is 2.27. The molecule has 2 N–H and O–H groups in total. The minimum absolute atomic E-state index is 0.0265. The lowest BCUT2D eigenvalue weighted by atomic mass is 10.2. The van der Waals surface area contributed by atoms with Crippen molar-refractivity contribution in [3.63, 3.8) is 0 Å². The van der Waals surface area contributed by atoms with Gasteiger partial charge in [-0.3, -0.25) is 30.6 Å². The topological polar surface area (TPSA) is 152 Å². The van der Waals surface area contributed by atoms with E-state index in [4.69, 9.17) is 0 Å². The van der Waals surface area contributed by atoms with Crippen LogP contribution in [0.25, 0.3) is 0 Å². The van der Waals surface area contributed by atoms with Crippen LogP contribution in [0, 0.1) is 10.1 Å². The van der Waals surface area contributed by atoms with E-state index in [2.05, 4.69) is 15.8 Å². The van der Waals surface area contributed by atoms with Gasteiger partial charge in [-0.2, -0.15) is 4.31 Å². The van der Waals surface area contributed by atoms with Gasteiger partial charge >= 0.3 is 0 Å².